The summed E-state index contributed by atoms with van der Waals surface area (Å²) in [5.74, 6) is 0.0917. The van der Waals surface area contributed by atoms with E-state index in [-0.39, 0.29) is 20.7 Å². The zero-order valence-electron chi connectivity index (χ0n) is 11.3. The summed E-state index contributed by atoms with van der Waals surface area (Å²) in [5.41, 5.74) is 0.542. The average molecular weight is 371 g/mol. The fourth-order valence-electron chi connectivity index (χ4n) is 1.81. The number of hydrogen-bond donors (Lipinski definition) is 0. The molecule has 0 unspecified atom stereocenters. The van der Waals surface area contributed by atoms with Crippen LogP contribution in [0, 0.1) is 0 Å². The second-order valence-corrected chi connectivity index (χ2v) is 6.64. The average Bonchev–Trinajstić information content (AvgIpc) is 3.04. The van der Waals surface area contributed by atoms with Gasteiger partial charge in [-0.15, -0.1) is 5.10 Å². The van der Waals surface area contributed by atoms with Gasteiger partial charge in [0.25, 0.3) is 0 Å². The Kier molecular flexibility index (Phi) is 4.20. The predicted molar refractivity (Wildman–Crippen MR) is 83.4 cm³/mol. The normalized spacial score (nSPS) is 11.4. The first-order valence-corrected chi connectivity index (χ1v) is 8.36. The molecule has 10 heteroatoms. The van der Waals surface area contributed by atoms with Crippen LogP contribution < -0.4 is 4.18 Å². The van der Waals surface area contributed by atoms with Crippen molar-refractivity contribution < 1.29 is 12.6 Å². The number of hydrogen-bond acceptors (Lipinski definition) is 6. The fourth-order valence-corrected chi connectivity index (χ4v) is 3.47. The molecule has 0 saturated carbocycles. The van der Waals surface area contributed by atoms with Gasteiger partial charge in [-0.3, -0.25) is 0 Å². The Morgan fingerprint density at radius 3 is 2.61 bits per heavy atom. The van der Waals surface area contributed by atoms with Crippen LogP contribution in [0.25, 0.3) is 5.69 Å². The van der Waals surface area contributed by atoms with Crippen molar-refractivity contribution in [2.24, 2.45) is 0 Å². The van der Waals surface area contributed by atoms with Crippen LogP contribution in [0.5, 0.6) is 5.75 Å². The van der Waals surface area contributed by atoms with E-state index in [4.69, 9.17) is 27.4 Å². The third-order valence-corrected chi connectivity index (χ3v) is 5.04. The third-order valence-electron chi connectivity index (χ3n) is 2.82. The molecule has 1 aromatic heterocycles. The lowest BCUT2D eigenvalue weighted by molar-refractivity contribution is 0.486. The number of rotatable bonds is 4. The molecule has 118 valence electrons. The molecule has 0 spiro atoms. The molecule has 0 saturated heterocycles. The van der Waals surface area contributed by atoms with Crippen molar-refractivity contribution in [3.8, 4) is 11.4 Å². The van der Waals surface area contributed by atoms with Gasteiger partial charge in [-0.25, -0.2) is 4.68 Å². The summed E-state index contributed by atoms with van der Waals surface area (Å²) in [6.07, 6.45) is 1.38. The van der Waals surface area contributed by atoms with Crippen LogP contribution >= 0.6 is 23.2 Å². The lowest BCUT2D eigenvalue weighted by atomic mass is 10.3. The minimum absolute atomic E-state index is 0.0917. The van der Waals surface area contributed by atoms with E-state index in [1.807, 2.05) is 0 Å². The van der Waals surface area contributed by atoms with Gasteiger partial charge in [0.15, 0.2) is 0 Å². The first kappa shape index (κ1) is 15.7. The van der Waals surface area contributed by atoms with Gasteiger partial charge < -0.3 is 4.18 Å². The van der Waals surface area contributed by atoms with Gasteiger partial charge in [-0.2, -0.15) is 8.42 Å². The molecule has 7 nitrogen and oxygen atoms in total. The Bertz CT molecular complexity index is 946. The number of benzene rings is 2. The lowest BCUT2D eigenvalue weighted by Crippen LogP contribution is -2.10. The molecule has 0 N–H and O–H groups in total. The molecule has 0 amide bonds. The van der Waals surface area contributed by atoms with Gasteiger partial charge in [0, 0.05) is 6.07 Å². The molecule has 0 bridgehead atoms. The molecule has 0 aliphatic rings. The minimum Gasteiger partial charge on any atom is -0.379 e. The number of aromatic nitrogens is 4. The van der Waals surface area contributed by atoms with Crippen LogP contribution in [0.2, 0.25) is 10.0 Å². The summed E-state index contributed by atoms with van der Waals surface area (Å²) < 4.78 is 31.2. The Balaban J connectivity index is 1.95. The van der Waals surface area contributed by atoms with Crippen molar-refractivity contribution in [3.63, 3.8) is 0 Å². The molecule has 23 heavy (non-hydrogen) atoms. The van der Waals surface area contributed by atoms with Crippen molar-refractivity contribution in [2.45, 2.75) is 4.90 Å². The van der Waals surface area contributed by atoms with Crippen LogP contribution in [0.1, 0.15) is 0 Å². The third kappa shape index (κ3) is 3.29. The van der Waals surface area contributed by atoms with E-state index in [9.17, 15) is 8.42 Å². The van der Waals surface area contributed by atoms with Gasteiger partial charge in [0.05, 0.1) is 15.7 Å². The predicted octanol–water partition coefficient (Wildman–Crippen LogP) is 2.74. The van der Waals surface area contributed by atoms with Crippen LogP contribution in [-0.2, 0) is 10.1 Å². The van der Waals surface area contributed by atoms with Gasteiger partial charge in [-0.1, -0.05) is 35.3 Å². The summed E-state index contributed by atoms with van der Waals surface area (Å²) in [6, 6.07) is 10.6. The van der Waals surface area contributed by atoms with Crippen molar-refractivity contribution in [1.82, 2.24) is 20.2 Å². The molecule has 2 aromatic carbocycles. The van der Waals surface area contributed by atoms with Crippen LogP contribution in [-0.4, -0.2) is 28.6 Å². The molecule has 0 aliphatic carbocycles. The molecule has 3 rings (SSSR count). The standard InChI is InChI=1S/C13H8Cl2N4O3S/c14-11-5-2-6-12(13(11)15)23(20,21)22-10-4-1-3-9(7-10)19-8-16-17-18-19/h1-8H. The second-order valence-electron chi connectivity index (χ2n) is 4.34. The fraction of sp³-hybridized carbons (Fsp3) is 0. The maximum Gasteiger partial charge on any atom is 0.340 e. The minimum atomic E-state index is -4.13. The maximum atomic E-state index is 12.4. The van der Waals surface area contributed by atoms with Crippen molar-refractivity contribution in [1.29, 1.82) is 0 Å². The zero-order valence-corrected chi connectivity index (χ0v) is 13.6. The summed E-state index contributed by atoms with van der Waals surface area (Å²) in [6.45, 7) is 0. The number of tetrazole rings is 1. The molecule has 3 aromatic rings. The monoisotopic (exact) mass is 370 g/mol. The van der Waals surface area contributed by atoms with E-state index in [0.717, 1.165) is 0 Å². The van der Waals surface area contributed by atoms with Crippen molar-refractivity contribution in [2.75, 3.05) is 0 Å². The Labute approximate surface area is 141 Å². The highest BCUT2D eigenvalue weighted by Gasteiger charge is 2.22. The highest BCUT2D eigenvalue weighted by molar-refractivity contribution is 7.87. The quantitative estimate of drug-likeness (QED) is 0.656. The van der Waals surface area contributed by atoms with E-state index in [1.54, 1.807) is 12.1 Å². The Morgan fingerprint density at radius 1 is 1.09 bits per heavy atom. The lowest BCUT2D eigenvalue weighted by Gasteiger charge is -2.10. The molecular formula is C13H8Cl2N4O3S. The van der Waals surface area contributed by atoms with Gasteiger partial charge in [0.2, 0.25) is 0 Å². The smallest absolute Gasteiger partial charge is 0.340 e. The molecule has 1 heterocycles. The first-order valence-electron chi connectivity index (χ1n) is 6.19. The summed E-state index contributed by atoms with van der Waals surface area (Å²) in [7, 11) is -4.13. The van der Waals surface area contributed by atoms with Crippen LogP contribution in [0.4, 0.5) is 0 Å². The topological polar surface area (TPSA) is 87.0 Å². The van der Waals surface area contributed by atoms with E-state index in [2.05, 4.69) is 15.5 Å². The van der Waals surface area contributed by atoms with Crippen molar-refractivity contribution >= 4 is 33.3 Å². The van der Waals surface area contributed by atoms with Gasteiger partial charge in [-0.05, 0) is 34.7 Å². The summed E-state index contributed by atoms with van der Waals surface area (Å²) >= 11 is 11.8. The largest absolute Gasteiger partial charge is 0.379 e. The summed E-state index contributed by atoms with van der Waals surface area (Å²) in [4.78, 5) is -0.209. The summed E-state index contributed by atoms with van der Waals surface area (Å²) in [5, 5.41) is 10.8. The highest BCUT2D eigenvalue weighted by atomic mass is 35.5. The SMILES string of the molecule is O=S(=O)(Oc1cccc(-n2cnnn2)c1)c1cccc(Cl)c1Cl. The molecular weight excluding hydrogens is 363 g/mol. The second kappa shape index (κ2) is 6.15. The van der Waals surface area contributed by atoms with Crippen LogP contribution in [0.15, 0.2) is 53.7 Å². The maximum absolute atomic E-state index is 12.4. The van der Waals surface area contributed by atoms with Crippen LogP contribution in [0.3, 0.4) is 0 Å². The number of nitrogens with zero attached hydrogens (tertiary/aromatic N) is 4. The molecule has 0 atom stereocenters. The zero-order chi connectivity index (χ0) is 16.4. The van der Waals surface area contributed by atoms with E-state index in [0.29, 0.717) is 5.69 Å². The molecule has 0 aliphatic heterocycles. The number of halogens is 2. The molecule has 0 fully saturated rings. The Hall–Kier alpha value is -2.16. The van der Waals surface area contributed by atoms with E-state index in [1.165, 1.54) is 41.3 Å². The van der Waals surface area contributed by atoms with E-state index >= 15 is 0 Å². The van der Waals surface area contributed by atoms with Crippen molar-refractivity contribution in [3.05, 3.63) is 58.8 Å². The van der Waals surface area contributed by atoms with Gasteiger partial charge >= 0.3 is 10.1 Å². The highest BCUT2D eigenvalue weighted by Crippen LogP contribution is 2.31. The van der Waals surface area contributed by atoms with Gasteiger partial charge in [0.1, 0.15) is 17.0 Å². The Morgan fingerprint density at radius 2 is 1.87 bits per heavy atom. The molecule has 0 radical (unpaired) electrons. The van der Waals surface area contributed by atoms with E-state index < -0.39 is 10.1 Å². The first-order chi connectivity index (χ1) is 11.0.